The normalized spacial score (nSPS) is 11.1. The van der Waals surface area contributed by atoms with Gasteiger partial charge >= 0.3 is 5.97 Å². The minimum atomic E-state index is -0.769. The van der Waals surface area contributed by atoms with E-state index in [0.717, 1.165) is 12.8 Å². The summed E-state index contributed by atoms with van der Waals surface area (Å²) >= 11 is 0. The average Bonchev–Trinajstić information content (AvgIpc) is 1.99. The lowest BCUT2D eigenvalue weighted by Crippen LogP contribution is -2.40. The molecule has 0 fully saturated rings. The molecule has 88 valence electrons. The molecule has 0 rings (SSSR count). The van der Waals surface area contributed by atoms with E-state index in [9.17, 15) is 9.59 Å². The van der Waals surface area contributed by atoms with Gasteiger partial charge in [-0.25, -0.2) is 0 Å². The highest BCUT2D eigenvalue weighted by Crippen LogP contribution is 2.05. The number of hydrogen-bond donors (Lipinski definition) is 2. The monoisotopic (exact) mass is 215 g/mol. The Labute approximate surface area is 91.1 Å². The van der Waals surface area contributed by atoms with Crippen molar-refractivity contribution in [3.05, 3.63) is 0 Å². The minimum absolute atomic E-state index is 0.0397. The molecule has 2 N–H and O–H groups in total. The van der Waals surface area contributed by atoms with Gasteiger partial charge in [0.2, 0.25) is 5.91 Å². The number of hydrogen-bond acceptors (Lipinski definition) is 2. The Morgan fingerprint density at radius 3 is 2.07 bits per heavy atom. The number of unbranched alkanes of at least 4 members (excludes halogenated alkanes) is 2. The molecule has 4 nitrogen and oxygen atoms in total. The van der Waals surface area contributed by atoms with Gasteiger partial charge in [0, 0.05) is 18.4 Å². The molecule has 0 aromatic carbocycles. The molecule has 0 spiro atoms. The Morgan fingerprint density at radius 1 is 1.07 bits per heavy atom. The third kappa shape index (κ3) is 10.9. The summed E-state index contributed by atoms with van der Waals surface area (Å²) in [4.78, 5) is 21.5. The lowest BCUT2D eigenvalue weighted by Gasteiger charge is -2.20. The standard InChI is InChI=1S/C11H21NO3/c1-11(2,3)12-9(13)7-5-4-6-8-10(14)15/h4-8H2,1-3H3,(H,12,13)(H,14,15). The summed E-state index contributed by atoms with van der Waals surface area (Å²) in [5.41, 5.74) is -0.182. The topological polar surface area (TPSA) is 66.4 Å². The van der Waals surface area contributed by atoms with E-state index in [0.29, 0.717) is 12.8 Å². The minimum Gasteiger partial charge on any atom is -0.481 e. The average molecular weight is 215 g/mol. The molecule has 1 amide bonds. The Balaban J connectivity index is 3.44. The van der Waals surface area contributed by atoms with Gasteiger partial charge in [0.15, 0.2) is 0 Å². The zero-order chi connectivity index (χ0) is 11.9. The molecule has 15 heavy (non-hydrogen) atoms. The SMILES string of the molecule is CC(C)(C)NC(=O)CCCCCC(=O)O. The maximum atomic E-state index is 11.3. The Kier molecular flexibility index (Phi) is 5.97. The van der Waals surface area contributed by atoms with Crippen molar-refractivity contribution >= 4 is 11.9 Å². The highest BCUT2D eigenvalue weighted by Gasteiger charge is 2.12. The van der Waals surface area contributed by atoms with Crippen molar-refractivity contribution in [2.45, 2.75) is 58.4 Å². The summed E-state index contributed by atoms with van der Waals surface area (Å²) in [7, 11) is 0. The first-order valence-electron chi connectivity index (χ1n) is 5.34. The Bertz CT molecular complexity index is 218. The maximum Gasteiger partial charge on any atom is 0.303 e. The van der Waals surface area contributed by atoms with Crippen LogP contribution in [0, 0.1) is 0 Å². The van der Waals surface area contributed by atoms with E-state index in [2.05, 4.69) is 5.32 Å². The van der Waals surface area contributed by atoms with E-state index in [1.807, 2.05) is 20.8 Å². The predicted molar refractivity (Wildman–Crippen MR) is 58.6 cm³/mol. The third-order valence-electron chi connectivity index (χ3n) is 1.81. The van der Waals surface area contributed by atoms with E-state index >= 15 is 0 Å². The number of nitrogens with one attached hydrogen (secondary N) is 1. The number of carbonyl (C=O) groups is 2. The molecule has 0 unspecified atom stereocenters. The maximum absolute atomic E-state index is 11.3. The first-order valence-corrected chi connectivity index (χ1v) is 5.34. The smallest absolute Gasteiger partial charge is 0.303 e. The lowest BCUT2D eigenvalue weighted by molar-refractivity contribution is -0.137. The van der Waals surface area contributed by atoms with E-state index in [1.54, 1.807) is 0 Å². The fourth-order valence-electron chi connectivity index (χ4n) is 1.22. The van der Waals surface area contributed by atoms with E-state index < -0.39 is 5.97 Å². The molecule has 0 aromatic heterocycles. The summed E-state index contributed by atoms with van der Waals surface area (Å²) in [6, 6.07) is 0. The second-order valence-corrected chi connectivity index (χ2v) is 4.75. The number of carboxylic acids is 1. The molecule has 0 saturated heterocycles. The lowest BCUT2D eigenvalue weighted by atomic mass is 10.1. The van der Waals surface area contributed by atoms with E-state index in [-0.39, 0.29) is 17.9 Å². The molecule has 4 heteroatoms. The van der Waals surface area contributed by atoms with Gasteiger partial charge in [-0.15, -0.1) is 0 Å². The summed E-state index contributed by atoms with van der Waals surface area (Å²) < 4.78 is 0. The van der Waals surface area contributed by atoms with Crippen LogP contribution in [0.15, 0.2) is 0 Å². The molecule has 0 heterocycles. The predicted octanol–water partition coefficient (Wildman–Crippen LogP) is 1.94. The van der Waals surface area contributed by atoms with Crippen molar-refractivity contribution in [1.29, 1.82) is 0 Å². The molecule has 0 atom stereocenters. The second kappa shape index (κ2) is 6.43. The van der Waals surface area contributed by atoms with Crippen LogP contribution < -0.4 is 5.32 Å². The number of rotatable bonds is 6. The molecular weight excluding hydrogens is 194 g/mol. The van der Waals surface area contributed by atoms with Gasteiger partial charge in [0.25, 0.3) is 0 Å². The van der Waals surface area contributed by atoms with Crippen LogP contribution in [0.3, 0.4) is 0 Å². The zero-order valence-corrected chi connectivity index (χ0v) is 9.80. The van der Waals surface area contributed by atoms with Crippen LogP contribution in [0.5, 0.6) is 0 Å². The molecule has 0 saturated carbocycles. The molecule has 0 aromatic rings. The van der Waals surface area contributed by atoms with Crippen LogP contribution in [0.4, 0.5) is 0 Å². The van der Waals surface area contributed by atoms with Crippen molar-refractivity contribution in [3.63, 3.8) is 0 Å². The Morgan fingerprint density at radius 2 is 1.60 bits per heavy atom. The van der Waals surface area contributed by atoms with Gasteiger partial charge in [0.05, 0.1) is 0 Å². The molecular formula is C11H21NO3. The van der Waals surface area contributed by atoms with Crippen LogP contribution in [0.2, 0.25) is 0 Å². The van der Waals surface area contributed by atoms with Crippen LogP contribution in [0.25, 0.3) is 0 Å². The first kappa shape index (κ1) is 13.9. The molecule has 0 aliphatic heterocycles. The van der Waals surface area contributed by atoms with Crippen molar-refractivity contribution in [2.24, 2.45) is 0 Å². The molecule has 0 aliphatic rings. The third-order valence-corrected chi connectivity index (χ3v) is 1.81. The van der Waals surface area contributed by atoms with Crippen LogP contribution in [0.1, 0.15) is 52.9 Å². The van der Waals surface area contributed by atoms with Crippen LogP contribution in [-0.2, 0) is 9.59 Å². The van der Waals surface area contributed by atoms with Gasteiger partial charge in [-0.1, -0.05) is 6.42 Å². The first-order chi connectivity index (χ1) is 6.81. The summed E-state index contributed by atoms with van der Waals surface area (Å²) in [6.07, 6.45) is 2.88. The van der Waals surface area contributed by atoms with E-state index in [1.165, 1.54) is 0 Å². The van der Waals surface area contributed by atoms with Crippen molar-refractivity contribution < 1.29 is 14.7 Å². The van der Waals surface area contributed by atoms with Crippen molar-refractivity contribution in [2.75, 3.05) is 0 Å². The van der Waals surface area contributed by atoms with E-state index in [4.69, 9.17) is 5.11 Å². The van der Waals surface area contributed by atoms with Gasteiger partial charge in [-0.2, -0.15) is 0 Å². The molecule has 0 aliphatic carbocycles. The fourth-order valence-corrected chi connectivity index (χ4v) is 1.22. The van der Waals surface area contributed by atoms with Gasteiger partial charge in [-0.3, -0.25) is 9.59 Å². The van der Waals surface area contributed by atoms with Crippen molar-refractivity contribution in [1.82, 2.24) is 5.32 Å². The number of aliphatic carboxylic acids is 1. The number of carbonyl (C=O) groups excluding carboxylic acids is 1. The van der Waals surface area contributed by atoms with Crippen molar-refractivity contribution in [3.8, 4) is 0 Å². The highest BCUT2D eigenvalue weighted by atomic mass is 16.4. The molecule has 0 radical (unpaired) electrons. The number of amides is 1. The summed E-state index contributed by atoms with van der Waals surface area (Å²) in [6.45, 7) is 5.82. The second-order valence-electron chi connectivity index (χ2n) is 4.75. The van der Waals surface area contributed by atoms with Gasteiger partial charge in [0.1, 0.15) is 0 Å². The number of carboxylic acid groups (broad SMARTS) is 1. The summed E-state index contributed by atoms with van der Waals surface area (Å²) in [5, 5.41) is 11.3. The highest BCUT2D eigenvalue weighted by molar-refractivity contribution is 5.76. The summed E-state index contributed by atoms with van der Waals surface area (Å²) in [5.74, 6) is -0.730. The van der Waals surface area contributed by atoms with Crippen LogP contribution >= 0.6 is 0 Å². The quantitative estimate of drug-likeness (QED) is 0.665. The molecule has 0 bridgehead atoms. The largest absolute Gasteiger partial charge is 0.481 e. The fraction of sp³-hybridized carbons (Fsp3) is 0.818. The van der Waals surface area contributed by atoms with Crippen LogP contribution in [-0.4, -0.2) is 22.5 Å². The Hall–Kier alpha value is -1.06. The van der Waals surface area contributed by atoms with Gasteiger partial charge in [-0.05, 0) is 33.6 Å². The van der Waals surface area contributed by atoms with Gasteiger partial charge < -0.3 is 10.4 Å². The zero-order valence-electron chi connectivity index (χ0n) is 9.80.